The molecule has 2 aromatic rings. The van der Waals surface area contributed by atoms with Gasteiger partial charge in [-0.25, -0.2) is 26.0 Å². The van der Waals surface area contributed by atoms with Crippen molar-refractivity contribution in [2.45, 2.75) is 35.5 Å². The average molecular weight is 514 g/mol. The first-order valence-electron chi connectivity index (χ1n) is 10.1. The number of ether oxygens (including phenoxy) is 1. The molecule has 2 aromatic carbocycles. The molecule has 14 heteroatoms. The number of hydrogen-bond donors (Lipinski definition) is 3. The summed E-state index contributed by atoms with van der Waals surface area (Å²) in [7, 11) is -8.07. The van der Waals surface area contributed by atoms with Gasteiger partial charge in [0, 0.05) is 5.69 Å². The van der Waals surface area contributed by atoms with Crippen molar-refractivity contribution >= 4 is 43.4 Å². The van der Waals surface area contributed by atoms with E-state index in [2.05, 4.69) is 5.32 Å². The predicted octanol–water partition coefficient (Wildman–Crippen LogP) is 1.87. The SMILES string of the molecule is O=C(O)Nc1ccc2c(c1)N(S(=O)(=O)c1ccc(F)cc1)CC(CC(=O)NS(=O)(=O)C1CC1)O2. The van der Waals surface area contributed by atoms with Crippen LogP contribution in [0.4, 0.5) is 20.6 Å². The highest BCUT2D eigenvalue weighted by Crippen LogP contribution is 2.39. The Balaban J connectivity index is 1.65. The molecule has 4 rings (SSSR count). The van der Waals surface area contributed by atoms with Gasteiger partial charge in [-0.2, -0.15) is 0 Å². The molecule has 1 aliphatic carbocycles. The molecule has 0 saturated heterocycles. The Morgan fingerprint density at radius 3 is 2.38 bits per heavy atom. The van der Waals surface area contributed by atoms with Gasteiger partial charge < -0.3 is 9.84 Å². The fourth-order valence-corrected chi connectivity index (χ4v) is 6.27. The smallest absolute Gasteiger partial charge is 0.409 e. The van der Waals surface area contributed by atoms with E-state index in [1.54, 1.807) is 0 Å². The lowest BCUT2D eigenvalue weighted by Crippen LogP contribution is -2.46. The second-order valence-corrected chi connectivity index (χ2v) is 11.6. The zero-order valence-corrected chi connectivity index (χ0v) is 19.1. The summed E-state index contributed by atoms with van der Waals surface area (Å²) in [6, 6.07) is 8.02. The van der Waals surface area contributed by atoms with E-state index in [4.69, 9.17) is 9.84 Å². The van der Waals surface area contributed by atoms with Crippen molar-refractivity contribution in [2.24, 2.45) is 0 Å². The van der Waals surface area contributed by atoms with E-state index < -0.39 is 55.6 Å². The molecule has 1 heterocycles. The lowest BCUT2D eigenvalue weighted by molar-refractivity contribution is -0.120. The second-order valence-electron chi connectivity index (χ2n) is 7.82. The van der Waals surface area contributed by atoms with E-state index in [1.165, 1.54) is 18.2 Å². The molecule has 1 saturated carbocycles. The van der Waals surface area contributed by atoms with Gasteiger partial charge >= 0.3 is 6.09 Å². The largest absolute Gasteiger partial charge is 0.486 e. The van der Waals surface area contributed by atoms with Crippen molar-refractivity contribution in [1.29, 1.82) is 0 Å². The van der Waals surface area contributed by atoms with Crippen molar-refractivity contribution in [3.05, 3.63) is 48.3 Å². The molecule has 0 spiro atoms. The number of anilines is 2. The van der Waals surface area contributed by atoms with Crippen molar-refractivity contribution < 1.29 is 40.7 Å². The van der Waals surface area contributed by atoms with E-state index in [9.17, 15) is 30.8 Å². The van der Waals surface area contributed by atoms with Crippen LogP contribution in [0.1, 0.15) is 19.3 Å². The Bertz CT molecular complexity index is 1340. The first-order valence-corrected chi connectivity index (χ1v) is 13.1. The van der Waals surface area contributed by atoms with Crippen LogP contribution >= 0.6 is 0 Å². The van der Waals surface area contributed by atoms with Gasteiger partial charge in [0.15, 0.2) is 0 Å². The summed E-state index contributed by atoms with van der Waals surface area (Å²) in [5.41, 5.74) is 0.0683. The summed E-state index contributed by atoms with van der Waals surface area (Å²) in [6.07, 6.45) is -1.93. The summed E-state index contributed by atoms with van der Waals surface area (Å²) >= 11 is 0. The molecule has 1 atom stereocenters. The molecule has 0 bridgehead atoms. The van der Waals surface area contributed by atoms with Crippen molar-refractivity contribution in [2.75, 3.05) is 16.2 Å². The number of carbonyl (C=O) groups excluding carboxylic acids is 1. The highest BCUT2D eigenvalue weighted by Gasteiger charge is 2.39. The Kier molecular flexibility index (Phi) is 6.12. The molecular weight excluding hydrogens is 493 g/mol. The summed E-state index contributed by atoms with van der Waals surface area (Å²) in [5.74, 6) is -1.44. The zero-order chi connectivity index (χ0) is 24.7. The van der Waals surface area contributed by atoms with Gasteiger partial charge in [-0.15, -0.1) is 0 Å². The molecule has 1 unspecified atom stereocenters. The minimum atomic E-state index is -4.28. The highest BCUT2D eigenvalue weighted by molar-refractivity contribution is 7.92. The maximum Gasteiger partial charge on any atom is 0.409 e. The van der Waals surface area contributed by atoms with E-state index >= 15 is 0 Å². The van der Waals surface area contributed by atoms with Crippen molar-refractivity contribution in [3.63, 3.8) is 0 Å². The number of hydrogen-bond acceptors (Lipinski definition) is 7. The molecule has 0 radical (unpaired) electrons. The minimum Gasteiger partial charge on any atom is -0.486 e. The van der Waals surface area contributed by atoms with Gasteiger partial charge in [0.2, 0.25) is 15.9 Å². The number of fused-ring (bicyclic) bond motifs is 1. The lowest BCUT2D eigenvalue weighted by atomic mass is 10.1. The molecular formula is C20H20FN3O8S2. The van der Waals surface area contributed by atoms with Gasteiger partial charge in [-0.1, -0.05) is 0 Å². The van der Waals surface area contributed by atoms with Gasteiger partial charge in [0.05, 0.1) is 28.8 Å². The summed E-state index contributed by atoms with van der Waals surface area (Å²) < 4.78 is 72.8. The topological polar surface area (TPSA) is 159 Å². The number of halogens is 1. The molecule has 3 N–H and O–H groups in total. The van der Waals surface area contributed by atoms with Crippen LogP contribution < -0.4 is 19.1 Å². The van der Waals surface area contributed by atoms with Crippen LogP contribution in [0.2, 0.25) is 0 Å². The number of nitrogens with one attached hydrogen (secondary N) is 2. The third-order valence-corrected chi connectivity index (χ3v) is 8.83. The number of sulfonamides is 2. The fraction of sp³-hybridized carbons (Fsp3) is 0.300. The maximum absolute atomic E-state index is 13.4. The first kappa shape index (κ1) is 23.8. The van der Waals surface area contributed by atoms with E-state index in [0.29, 0.717) is 12.8 Å². The normalized spacial score (nSPS) is 17.9. The molecule has 1 aliphatic heterocycles. The van der Waals surface area contributed by atoms with Crippen LogP contribution in [-0.2, 0) is 24.8 Å². The summed E-state index contributed by atoms with van der Waals surface area (Å²) in [4.78, 5) is 23.1. The molecule has 34 heavy (non-hydrogen) atoms. The number of nitrogens with zero attached hydrogens (tertiary/aromatic N) is 1. The number of amides is 2. The van der Waals surface area contributed by atoms with Crippen LogP contribution in [0, 0.1) is 5.82 Å². The van der Waals surface area contributed by atoms with E-state index in [-0.39, 0.29) is 28.6 Å². The number of rotatable bonds is 7. The van der Waals surface area contributed by atoms with Crippen molar-refractivity contribution in [3.8, 4) is 5.75 Å². The predicted molar refractivity (Wildman–Crippen MR) is 118 cm³/mol. The molecule has 11 nitrogen and oxygen atoms in total. The van der Waals surface area contributed by atoms with Gasteiger partial charge in [-0.05, 0) is 55.3 Å². The summed E-state index contributed by atoms with van der Waals surface area (Å²) in [5, 5.41) is 10.5. The first-order chi connectivity index (χ1) is 16.0. The number of carbonyl (C=O) groups is 2. The maximum atomic E-state index is 13.4. The Morgan fingerprint density at radius 2 is 1.76 bits per heavy atom. The molecule has 0 aromatic heterocycles. The minimum absolute atomic E-state index is 0.00200. The highest BCUT2D eigenvalue weighted by atomic mass is 32.2. The zero-order valence-electron chi connectivity index (χ0n) is 17.5. The molecule has 2 aliphatic rings. The van der Waals surface area contributed by atoms with E-state index in [1.807, 2.05) is 4.72 Å². The van der Waals surface area contributed by atoms with Crippen LogP contribution in [0.25, 0.3) is 0 Å². The fourth-order valence-electron chi connectivity index (χ4n) is 3.45. The van der Waals surface area contributed by atoms with Crippen LogP contribution in [-0.4, -0.2) is 51.8 Å². The standard InChI is InChI=1S/C20H20FN3O8S2/c21-12-1-4-16(5-2-12)34(30,31)24-11-14(10-19(25)23-33(28,29)15-6-7-15)32-18-8-3-13(9-17(18)24)22-20(26)27/h1-5,8-9,14-15,22H,6-7,10-11H2,(H,23,25)(H,26,27). The monoisotopic (exact) mass is 513 g/mol. The van der Waals surface area contributed by atoms with Crippen molar-refractivity contribution in [1.82, 2.24) is 4.72 Å². The third-order valence-electron chi connectivity index (χ3n) is 5.18. The second kappa shape index (κ2) is 8.76. The van der Waals surface area contributed by atoms with Gasteiger partial charge in [-0.3, -0.25) is 19.1 Å². The van der Waals surface area contributed by atoms with Gasteiger partial charge in [0.25, 0.3) is 10.0 Å². The van der Waals surface area contributed by atoms with Crippen LogP contribution in [0.5, 0.6) is 5.75 Å². The van der Waals surface area contributed by atoms with Gasteiger partial charge in [0.1, 0.15) is 17.7 Å². The number of benzene rings is 2. The average Bonchev–Trinajstić information content (AvgIpc) is 3.59. The molecule has 1 fully saturated rings. The lowest BCUT2D eigenvalue weighted by Gasteiger charge is -2.35. The molecule has 2 amide bonds. The summed E-state index contributed by atoms with van der Waals surface area (Å²) in [6.45, 7) is -0.375. The van der Waals surface area contributed by atoms with E-state index in [0.717, 1.165) is 28.6 Å². The third kappa shape index (κ3) is 5.07. The number of carboxylic acid groups (broad SMARTS) is 1. The Morgan fingerprint density at radius 1 is 1.09 bits per heavy atom. The Labute approximate surface area is 194 Å². The quantitative estimate of drug-likeness (QED) is 0.506. The van der Waals surface area contributed by atoms with Crippen LogP contribution in [0.3, 0.4) is 0 Å². The molecule has 182 valence electrons. The Hall–Kier alpha value is -3.39. The van der Waals surface area contributed by atoms with Crippen LogP contribution in [0.15, 0.2) is 47.4 Å².